The molecule has 2 aliphatic heterocycles. The number of rotatable bonds is 6. The van der Waals surface area contributed by atoms with Crippen LogP contribution < -0.4 is 0 Å². The molecule has 0 spiro atoms. The molecular weight excluding hydrogens is 716 g/mol. The van der Waals surface area contributed by atoms with Gasteiger partial charge in [-0.05, 0) is 151 Å². The van der Waals surface area contributed by atoms with E-state index in [2.05, 4.69) is 103 Å². The fraction of sp³-hybridized carbons (Fsp3) is 0.588. The number of allylic oxidation sites excluding steroid dienone is 4. The largest absolute Gasteiger partial charge is 0.673 e. The Bertz CT molecular complexity index is 634. The third kappa shape index (κ3) is 17.3. The molecular formula is C34H52BF4FeP2Rh-. The van der Waals surface area contributed by atoms with Crippen LogP contribution in [-0.2, 0) is 36.5 Å². The van der Waals surface area contributed by atoms with Crippen molar-refractivity contribution in [3.8, 4) is 0 Å². The summed E-state index contributed by atoms with van der Waals surface area (Å²) in [5, 5.41) is 0. The van der Waals surface area contributed by atoms with Gasteiger partial charge in [0.2, 0.25) is 0 Å². The summed E-state index contributed by atoms with van der Waals surface area (Å²) >= 11 is 0. The molecule has 4 atom stereocenters. The van der Waals surface area contributed by atoms with Crippen LogP contribution in [0, 0.1) is 62.7 Å². The normalized spacial score (nSPS) is 29.8. The van der Waals surface area contributed by atoms with Crippen LogP contribution in [0.2, 0.25) is 0 Å². The van der Waals surface area contributed by atoms with E-state index in [-0.39, 0.29) is 52.4 Å². The summed E-state index contributed by atoms with van der Waals surface area (Å²) in [7, 11) is -5.66. The summed E-state index contributed by atoms with van der Waals surface area (Å²) in [6, 6.07) is 0. The Balaban J connectivity index is 0.000000575. The van der Waals surface area contributed by atoms with Crippen LogP contribution in [0.1, 0.15) is 105 Å². The maximum atomic E-state index is 9.75. The molecule has 5 aliphatic rings. The molecule has 11 radical (unpaired) electrons. The molecule has 5 rings (SSSR count). The van der Waals surface area contributed by atoms with Gasteiger partial charge in [0.05, 0.1) is 0 Å². The van der Waals surface area contributed by atoms with Gasteiger partial charge >= 0.3 is 7.25 Å². The predicted molar refractivity (Wildman–Crippen MR) is 176 cm³/mol. The molecule has 43 heavy (non-hydrogen) atoms. The minimum atomic E-state index is -6.00. The van der Waals surface area contributed by atoms with Crippen molar-refractivity contribution in [1.82, 2.24) is 0 Å². The van der Waals surface area contributed by atoms with Crippen molar-refractivity contribution in [3.63, 3.8) is 0 Å². The third-order valence-corrected chi connectivity index (χ3v) is 15.8. The van der Waals surface area contributed by atoms with E-state index in [9.17, 15) is 17.3 Å². The van der Waals surface area contributed by atoms with E-state index in [0.29, 0.717) is 0 Å². The SMILES string of the molecule is C1=C\CC/C=C\CC/1.CC[C@@H]1CC[C@@H](CC)P1[C]1[CH][CH][CH][CH]1.CC[C@@H]1CC[C@@H](CC)P1[C]1[CH][CH][CH][CH]1.F[B-](F)(F)F.[Fe].[Rh]. The molecule has 247 valence electrons. The second kappa shape index (κ2) is 25.3. The molecule has 2 saturated carbocycles. The minimum absolute atomic E-state index is 0. The van der Waals surface area contributed by atoms with Crippen LogP contribution in [0.3, 0.4) is 0 Å². The van der Waals surface area contributed by atoms with Crippen molar-refractivity contribution >= 4 is 23.1 Å². The molecule has 0 aromatic rings. The van der Waals surface area contributed by atoms with Crippen LogP contribution in [-0.4, -0.2) is 29.9 Å². The number of hydrogen-bond acceptors (Lipinski definition) is 0. The van der Waals surface area contributed by atoms with Crippen molar-refractivity contribution in [1.29, 1.82) is 0 Å². The summed E-state index contributed by atoms with van der Waals surface area (Å²) in [6.07, 6.45) is 43.7. The first kappa shape index (κ1) is 44.3. The quantitative estimate of drug-likeness (QED) is 0.109. The summed E-state index contributed by atoms with van der Waals surface area (Å²) in [6.45, 7) is 9.45. The predicted octanol–water partition coefficient (Wildman–Crippen LogP) is 12.3. The second-order valence-electron chi connectivity index (χ2n) is 11.1. The molecule has 0 amide bonds. The number of halogens is 4. The molecule has 9 heteroatoms. The number of hydrogen-bond donors (Lipinski definition) is 0. The summed E-state index contributed by atoms with van der Waals surface area (Å²) in [5.74, 6) is 0. The van der Waals surface area contributed by atoms with Gasteiger partial charge in [-0.25, -0.2) is 0 Å². The van der Waals surface area contributed by atoms with E-state index in [4.69, 9.17) is 0 Å². The summed E-state index contributed by atoms with van der Waals surface area (Å²) < 4.78 is 39.0. The Hall–Kier alpha value is 1.27. The first-order valence-corrected chi connectivity index (χ1v) is 18.9. The zero-order chi connectivity index (χ0) is 30.1. The Kier molecular flexibility index (Phi) is 26.1. The van der Waals surface area contributed by atoms with Crippen molar-refractivity contribution in [3.05, 3.63) is 87.0 Å². The zero-order valence-electron chi connectivity index (χ0n) is 26.4. The fourth-order valence-electron chi connectivity index (χ4n) is 6.30. The Morgan fingerprint density at radius 2 is 0.744 bits per heavy atom. The fourth-order valence-corrected chi connectivity index (χ4v) is 13.5. The average molecular weight is 768 g/mol. The first-order valence-electron chi connectivity index (χ1n) is 15.9. The third-order valence-electron chi connectivity index (χ3n) is 8.34. The monoisotopic (exact) mass is 768 g/mol. The zero-order valence-corrected chi connectivity index (χ0v) is 30.9. The molecule has 2 heterocycles. The van der Waals surface area contributed by atoms with Crippen LogP contribution in [0.25, 0.3) is 0 Å². The molecule has 0 aromatic carbocycles. The topological polar surface area (TPSA) is 0 Å². The second-order valence-corrected chi connectivity index (χ2v) is 16.7. The van der Waals surface area contributed by atoms with E-state index in [1.807, 2.05) is 0 Å². The van der Waals surface area contributed by atoms with Crippen LogP contribution in [0.15, 0.2) is 24.3 Å². The van der Waals surface area contributed by atoms with Gasteiger partial charge < -0.3 is 17.3 Å². The van der Waals surface area contributed by atoms with Gasteiger partial charge in [0, 0.05) is 47.9 Å². The first-order chi connectivity index (χ1) is 19.7. The van der Waals surface area contributed by atoms with E-state index < -0.39 is 7.25 Å². The molecule has 0 unspecified atom stereocenters. The smallest absolute Gasteiger partial charge is 0.418 e. The van der Waals surface area contributed by atoms with Crippen LogP contribution in [0.5, 0.6) is 0 Å². The van der Waals surface area contributed by atoms with Gasteiger partial charge in [-0.1, -0.05) is 67.8 Å². The summed E-state index contributed by atoms with van der Waals surface area (Å²) in [4.78, 5) is 0. The van der Waals surface area contributed by atoms with Crippen molar-refractivity contribution in [2.45, 2.75) is 127 Å². The van der Waals surface area contributed by atoms with E-state index >= 15 is 0 Å². The van der Waals surface area contributed by atoms with Gasteiger partial charge in [-0.2, -0.15) is 0 Å². The Morgan fingerprint density at radius 3 is 0.930 bits per heavy atom. The van der Waals surface area contributed by atoms with Gasteiger partial charge in [0.1, 0.15) is 0 Å². The van der Waals surface area contributed by atoms with Gasteiger partial charge in [0.15, 0.2) is 0 Å². The Labute approximate surface area is 289 Å². The van der Waals surface area contributed by atoms with E-state index in [0.717, 1.165) is 22.6 Å². The van der Waals surface area contributed by atoms with E-state index in [1.165, 1.54) is 77.0 Å². The van der Waals surface area contributed by atoms with Crippen molar-refractivity contribution in [2.75, 3.05) is 0 Å². The van der Waals surface area contributed by atoms with Gasteiger partial charge in [0.25, 0.3) is 0 Å². The van der Waals surface area contributed by atoms with Gasteiger partial charge in [-0.15, -0.1) is 0 Å². The maximum absolute atomic E-state index is 9.75. The summed E-state index contributed by atoms with van der Waals surface area (Å²) in [5.41, 5.74) is 7.37. The standard InChI is InChI=1S/2C13H20P.C8H12.BF4.Fe.Rh/c2*1-3-11-9-10-12(4-2)14(11)13-7-5-6-8-13;1-2-4-6-8-7-5-3-1;2-1(3,4)5;;/h2*5-8,11-12H,3-4,9-10H2,1-2H3;1-2,7-8H,3-6H2;;;/q;;;-1;;/b;;2-1-,8-7-;;;/t2*11-,12-;;;;/m11..../s1. The average Bonchev–Trinajstić information content (AvgIpc) is 3.73. The molecule has 0 nitrogen and oxygen atoms in total. The van der Waals surface area contributed by atoms with E-state index in [1.54, 1.807) is 11.3 Å². The minimum Gasteiger partial charge on any atom is -0.418 e. The molecule has 3 aliphatic carbocycles. The molecule has 4 fully saturated rings. The Morgan fingerprint density at radius 1 is 0.535 bits per heavy atom. The van der Waals surface area contributed by atoms with Gasteiger partial charge in [-0.3, -0.25) is 0 Å². The van der Waals surface area contributed by atoms with Crippen molar-refractivity contribution < 1.29 is 53.8 Å². The van der Waals surface area contributed by atoms with Crippen LogP contribution in [0.4, 0.5) is 17.3 Å². The molecule has 0 aromatic heterocycles. The van der Waals surface area contributed by atoms with Crippen molar-refractivity contribution in [2.24, 2.45) is 0 Å². The molecule has 0 bridgehead atoms. The molecule has 0 N–H and O–H groups in total. The van der Waals surface area contributed by atoms with Crippen LogP contribution >= 0.6 is 15.8 Å². The maximum Gasteiger partial charge on any atom is 0.673 e. The molecule has 2 saturated heterocycles.